The molecule has 2 saturated carbocycles. The van der Waals surface area contributed by atoms with E-state index in [1.54, 1.807) is 0 Å². The Labute approximate surface area is 122 Å². The molecule has 2 N–H and O–H groups in total. The molecule has 1 heterocycles. The first-order valence-corrected chi connectivity index (χ1v) is 8.10. The van der Waals surface area contributed by atoms with Crippen molar-refractivity contribution >= 4 is 5.69 Å². The van der Waals surface area contributed by atoms with Gasteiger partial charge >= 0.3 is 0 Å². The molecule has 4 unspecified atom stereocenters. The van der Waals surface area contributed by atoms with Crippen LogP contribution in [-0.4, -0.2) is 18.6 Å². The molecule has 4 atom stereocenters. The minimum atomic E-state index is 0.0694. The van der Waals surface area contributed by atoms with E-state index in [-0.39, 0.29) is 6.04 Å². The van der Waals surface area contributed by atoms with Gasteiger partial charge in [0.05, 0.1) is 17.6 Å². The van der Waals surface area contributed by atoms with Crippen LogP contribution >= 0.6 is 0 Å². The maximum Gasteiger partial charge on any atom is 0.0572 e. The van der Waals surface area contributed by atoms with Gasteiger partial charge in [-0.15, -0.1) is 0 Å². The van der Waals surface area contributed by atoms with Gasteiger partial charge in [0.15, 0.2) is 0 Å². The number of fused-ring (bicyclic) bond motifs is 2. The first kappa shape index (κ1) is 13.9. The number of anilines is 1. The fourth-order valence-electron chi connectivity index (χ4n) is 4.11. The maximum atomic E-state index is 6.02. The van der Waals surface area contributed by atoms with Gasteiger partial charge < -0.3 is 10.6 Å². The zero-order chi connectivity index (χ0) is 14.1. The third kappa shape index (κ3) is 2.69. The lowest BCUT2D eigenvalue weighted by Crippen LogP contribution is -2.28. The summed E-state index contributed by atoms with van der Waals surface area (Å²) >= 11 is 0. The molecule has 3 rings (SSSR count). The molecule has 20 heavy (non-hydrogen) atoms. The molecule has 3 heteroatoms. The van der Waals surface area contributed by atoms with Crippen molar-refractivity contribution in [2.75, 3.05) is 18.5 Å². The lowest BCUT2D eigenvalue weighted by molar-refractivity contribution is 0.337. The summed E-state index contributed by atoms with van der Waals surface area (Å²) in [6.07, 6.45) is 8.80. The Bertz CT molecular complexity index is 442. The van der Waals surface area contributed by atoms with E-state index < -0.39 is 0 Å². The highest BCUT2D eigenvalue weighted by Gasteiger charge is 2.39. The van der Waals surface area contributed by atoms with Crippen molar-refractivity contribution in [3.63, 3.8) is 0 Å². The molecular formula is C17H27N3. The van der Waals surface area contributed by atoms with Crippen LogP contribution in [0.1, 0.15) is 50.8 Å². The van der Waals surface area contributed by atoms with E-state index in [1.807, 2.05) is 6.20 Å². The smallest absolute Gasteiger partial charge is 0.0572 e. The second-order valence-corrected chi connectivity index (χ2v) is 6.77. The molecule has 0 aromatic carbocycles. The first-order valence-electron chi connectivity index (χ1n) is 8.10. The number of aromatic nitrogens is 1. The van der Waals surface area contributed by atoms with Gasteiger partial charge in [0, 0.05) is 19.6 Å². The fourth-order valence-corrected chi connectivity index (χ4v) is 4.11. The number of nitrogens with two attached hydrogens (primary N) is 1. The molecule has 0 amide bonds. The molecule has 2 fully saturated rings. The molecule has 1 aromatic rings. The number of hydrogen-bond donors (Lipinski definition) is 1. The highest BCUT2D eigenvalue weighted by Crippen LogP contribution is 2.48. The Hall–Kier alpha value is -1.09. The fraction of sp³-hybridized carbons (Fsp3) is 0.706. The predicted molar refractivity (Wildman–Crippen MR) is 83.7 cm³/mol. The lowest BCUT2D eigenvalue weighted by atomic mass is 9.88. The van der Waals surface area contributed by atoms with Crippen LogP contribution in [0.15, 0.2) is 18.3 Å². The zero-order valence-corrected chi connectivity index (χ0v) is 12.8. The summed E-state index contributed by atoms with van der Waals surface area (Å²) in [7, 11) is 2.20. The molecule has 2 aliphatic carbocycles. The third-order valence-corrected chi connectivity index (χ3v) is 5.42. The van der Waals surface area contributed by atoms with E-state index in [9.17, 15) is 0 Å². The quantitative estimate of drug-likeness (QED) is 0.894. The molecule has 0 spiro atoms. The minimum absolute atomic E-state index is 0.0694. The molecule has 2 aliphatic rings. The van der Waals surface area contributed by atoms with Crippen molar-refractivity contribution in [3.05, 3.63) is 24.0 Å². The van der Waals surface area contributed by atoms with Crippen LogP contribution in [-0.2, 0) is 0 Å². The second-order valence-electron chi connectivity index (χ2n) is 6.77. The van der Waals surface area contributed by atoms with Crippen LogP contribution in [0.4, 0.5) is 5.69 Å². The molecule has 0 aliphatic heterocycles. The SMILES string of the molecule is CCC(N)c1ccc(N(C)CC2CC3CCC2C3)cn1. The zero-order valence-electron chi connectivity index (χ0n) is 12.8. The summed E-state index contributed by atoms with van der Waals surface area (Å²) in [5.41, 5.74) is 8.24. The van der Waals surface area contributed by atoms with Crippen molar-refractivity contribution in [1.82, 2.24) is 4.98 Å². The van der Waals surface area contributed by atoms with Crippen LogP contribution in [0.2, 0.25) is 0 Å². The van der Waals surface area contributed by atoms with Gasteiger partial charge in [-0.3, -0.25) is 4.98 Å². The van der Waals surface area contributed by atoms with Crippen molar-refractivity contribution in [2.24, 2.45) is 23.5 Å². The summed E-state index contributed by atoms with van der Waals surface area (Å²) in [5, 5.41) is 0. The highest BCUT2D eigenvalue weighted by molar-refractivity contribution is 5.44. The topological polar surface area (TPSA) is 42.1 Å². The third-order valence-electron chi connectivity index (χ3n) is 5.42. The Morgan fingerprint density at radius 1 is 1.35 bits per heavy atom. The summed E-state index contributed by atoms with van der Waals surface area (Å²) in [4.78, 5) is 6.90. The molecule has 3 nitrogen and oxygen atoms in total. The van der Waals surface area contributed by atoms with Crippen LogP contribution in [0.5, 0.6) is 0 Å². The van der Waals surface area contributed by atoms with Gasteiger partial charge in [-0.25, -0.2) is 0 Å². The van der Waals surface area contributed by atoms with Gasteiger partial charge in [0.2, 0.25) is 0 Å². The predicted octanol–water partition coefficient (Wildman–Crippen LogP) is 3.36. The maximum absolute atomic E-state index is 6.02. The average molecular weight is 273 g/mol. The Balaban J connectivity index is 1.61. The Morgan fingerprint density at radius 2 is 2.20 bits per heavy atom. The van der Waals surface area contributed by atoms with Crippen molar-refractivity contribution in [3.8, 4) is 0 Å². The molecule has 2 bridgehead atoms. The summed E-state index contributed by atoms with van der Waals surface area (Å²) < 4.78 is 0. The Kier molecular flexibility index (Phi) is 3.97. The van der Waals surface area contributed by atoms with E-state index in [0.717, 1.165) is 29.9 Å². The van der Waals surface area contributed by atoms with Crippen LogP contribution < -0.4 is 10.6 Å². The molecule has 0 saturated heterocycles. The van der Waals surface area contributed by atoms with E-state index in [2.05, 4.69) is 36.0 Å². The second kappa shape index (κ2) is 5.72. The number of pyridine rings is 1. The van der Waals surface area contributed by atoms with Crippen molar-refractivity contribution < 1.29 is 0 Å². The van der Waals surface area contributed by atoms with E-state index in [1.165, 1.54) is 37.9 Å². The number of rotatable bonds is 5. The lowest BCUT2D eigenvalue weighted by Gasteiger charge is -2.28. The van der Waals surface area contributed by atoms with Gasteiger partial charge in [-0.05, 0) is 55.6 Å². The summed E-state index contributed by atoms with van der Waals surface area (Å²) in [6.45, 7) is 3.28. The van der Waals surface area contributed by atoms with Crippen molar-refractivity contribution in [1.29, 1.82) is 0 Å². The van der Waals surface area contributed by atoms with Gasteiger partial charge in [0.1, 0.15) is 0 Å². The summed E-state index contributed by atoms with van der Waals surface area (Å²) in [6, 6.07) is 4.33. The van der Waals surface area contributed by atoms with E-state index in [0.29, 0.717) is 0 Å². The van der Waals surface area contributed by atoms with Crippen LogP contribution in [0, 0.1) is 17.8 Å². The molecule has 110 valence electrons. The van der Waals surface area contributed by atoms with Crippen LogP contribution in [0.25, 0.3) is 0 Å². The van der Waals surface area contributed by atoms with Gasteiger partial charge in [-0.1, -0.05) is 13.3 Å². The largest absolute Gasteiger partial charge is 0.373 e. The monoisotopic (exact) mass is 273 g/mol. The average Bonchev–Trinajstić information content (AvgIpc) is 3.09. The summed E-state index contributed by atoms with van der Waals surface area (Å²) in [5.74, 6) is 2.92. The normalized spacial score (nSPS) is 29.6. The van der Waals surface area contributed by atoms with Crippen LogP contribution in [0.3, 0.4) is 0 Å². The van der Waals surface area contributed by atoms with Gasteiger partial charge in [0.25, 0.3) is 0 Å². The number of nitrogens with zero attached hydrogens (tertiary/aromatic N) is 2. The standard InChI is InChI=1S/C17H27N3/c1-3-16(18)17-7-6-15(10-19-17)20(2)11-14-9-12-4-5-13(14)8-12/h6-7,10,12-14,16H,3-5,8-9,11,18H2,1-2H3. The first-order chi connectivity index (χ1) is 9.67. The molecular weight excluding hydrogens is 246 g/mol. The van der Waals surface area contributed by atoms with E-state index in [4.69, 9.17) is 5.73 Å². The number of hydrogen-bond acceptors (Lipinski definition) is 3. The Morgan fingerprint density at radius 3 is 2.75 bits per heavy atom. The highest BCUT2D eigenvalue weighted by atomic mass is 15.1. The minimum Gasteiger partial charge on any atom is -0.373 e. The van der Waals surface area contributed by atoms with Crippen molar-refractivity contribution in [2.45, 2.75) is 45.1 Å². The molecule has 0 radical (unpaired) electrons. The van der Waals surface area contributed by atoms with E-state index >= 15 is 0 Å². The molecule has 1 aromatic heterocycles. The van der Waals surface area contributed by atoms with Gasteiger partial charge in [-0.2, -0.15) is 0 Å².